The van der Waals surface area contributed by atoms with Crippen molar-refractivity contribution in [3.05, 3.63) is 68.9 Å². The SMILES string of the molecule is O=C(c1cc2c([nH]c1=O)CCC2)N1CCCC[C@H]1c1cccc(F)c1. The molecule has 1 aliphatic carbocycles. The normalized spacial score (nSPS) is 19.7. The Morgan fingerprint density at radius 1 is 1.16 bits per heavy atom. The molecule has 2 aliphatic rings. The molecule has 1 amide bonds. The number of rotatable bonds is 2. The van der Waals surface area contributed by atoms with E-state index in [4.69, 9.17) is 0 Å². The van der Waals surface area contributed by atoms with E-state index in [0.29, 0.717) is 6.54 Å². The molecule has 1 aromatic carbocycles. The Morgan fingerprint density at radius 3 is 2.88 bits per heavy atom. The number of nitrogens with zero attached hydrogens (tertiary/aromatic N) is 1. The van der Waals surface area contributed by atoms with Crippen LogP contribution in [0.5, 0.6) is 0 Å². The van der Waals surface area contributed by atoms with Crippen LogP contribution in [0.3, 0.4) is 0 Å². The highest BCUT2D eigenvalue weighted by molar-refractivity contribution is 5.94. The molecule has 1 N–H and O–H groups in total. The maximum Gasteiger partial charge on any atom is 0.261 e. The minimum Gasteiger partial charge on any atom is -0.331 e. The lowest BCUT2D eigenvalue weighted by molar-refractivity contribution is 0.0609. The Morgan fingerprint density at radius 2 is 2.04 bits per heavy atom. The van der Waals surface area contributed by atoms with E-state index in [0.717, 1.165) is 55.3 Å². The zero-order valence-corrected chi connectivity index (χ0v) is 14.1. The zero-order chi connectivity index (χ0) is 17.4. The Bertz CT molecular complexity index is 874. The molecule has 1 fully saturated rings. The van der Waals surface area contributed by atoms with Crippen molar-refractivity contribution in [1.82, 2.24) is 9.88 Å². The highest BCUT2D eigenvalue weighted by Crippen LogP contribution is 2.32. The van der Waals surface area contributed by atoms with Crippen LogP contribution in [-0.4, -0.2) is 22.3 Å². The van der Waals surface area contributed by atoms with Crippen LogP contribution in [0.2, 0.25) is 0 Å². The Hall–Kier alpha value is -2.43. The first-order valence-corrected chi connectivity index (χ1v) is 8.95. The van der Waals surface area contributed by atoms with Crippen LogP contribution in [0.25, 0.3) is 0 Å². The highest BCUT2D eigenvalue weighted by Gasteiger charge is 2.31. The molecular weight excluding hydrogens is 319 g/mol. The van der Waals surface area contributed by atoms with E-state index in [1.807, 2.05) is 6.07 Å². The molecule has 1 aliphatic heterocycles. The van der Waals surface area contributed by atoms with Gasteiger partial charge in [0.2, 0.25) is 0 Å². The van der Waals surface area contributed by atoms with Gasteiger partial charge in [0.05, 0.1) is 6.04 Å². The molecule has 25 heavy (non-hydrogen) atoms. The van der Waals surface area contributed by atoms with Crippen LogP contribution in [0.4, 0.5) is 4.39 Å². The van der Waals surface area contributed by atoms with E-state index < -0.39 is 0 Å². The number of benzene rings is 1. The van der Waals surface area contributed by atoms with Gasteiger partial charge in [0.15, 0.2) is 0 Å². The van der Waals surface area contributed by atoms with E-state index in [9.17, 15) is 14.0 Å². The number of hydrogen-bond donors (Lipinski definition) is 1. The molecule has 0 radical (unpaired) electrons. The van der Waals surface area contributed by atoms with Gasteiger partial charge in [-0.25, -0.2) is 4.39 Å². The topological polar surface area (TPSA) is 53.2 Å². The summed E-state index contributed by atoms with van der Waals surface area (Å²) in [5.74, 6) is -0.546. The summed E-state index contributed by atoms with van der Waals surface area (Å²) in [6.07, 6.45) is 5.47. The van der Waals surface area contributed by atoms with Gasteiger partial charge in [-0.15, -0.1) is 0 Å². The summed E-state index contributed by atoms with van der Waals surface area (Å²) in [7, 11) is 0. The monoisotopic (exact) mass is 340 g/mol. The van der Waals surface area contributed by atoms with Crippen molar-refractivity contribution >= 4 is 5.91 Å². The predicted octanol–water partition coefficient (Wildman–Crippen LogP) is 3.37. The summed E-state index contributed by atoms with van der Waals surface area (Å²) in [6, 6.07) is 8.01. The smallest absolute Gasteiger partial charge is 0.261 e. The van der Waals surface area contributed by atoms with Crippen molar-refractivity contribution in [1.29, 1.82) is 0 Å². The third kappa shape index (κ3) is 2.99. The quantitative estimate of drug-likeness (QED) is 0.911. The van der Waals surface area contributed by atoms with Gasteiger partial charge in [0.25, 0.3) is 11.5 Å². The van der Waals surface area contributed by atoms with Crippen LogP contribution >= 0.6 is 0 Å². The number of aryl methyl sites for hydroxylation is 2. The molecule has 0 bridgehead atoms. The fraction of sp³-hybridized carbons (Fsp3) is 0.400. The first kappa shape index (κ1) is 16.1. The van der Waals surface area contributed by atoms with E-state index in [1.165, 1.54) is 12.1 Å². The third-order valence-corrected chi connectivity index (χ3v) is 5.32. The van der Waals surface area contributed by atoms with Crippen molar-refractivity contribution in [3.63, 3.8) is 0 Å². The van der Waals surface area contributed by atoms with Crippen molar-refractivity contribution in [2.24, 2.45) is 0 Å². The average molecular weight is 340 g/mol. The summed E-state index contributed by atoms with van der Waals surface area (Å²) >= 11 is 0. The minimum atomic E-state index is -0.311. The van der Waals surface area contributed by atoms with E-state index >= 15 is 0 Å². The summed E-state index contributed by atoms with van der Waals surface area (Å²) in [5.41, 5.74) is 2.73. The van der Waals surface area contributed by atoms with E-state index in [1.54, 1.807) is 17.0 Å². The van der Waals surface area contributed by atoms with Gasteiger partial charge < -0.3 is 9.88 Å². The number of pyridine rings is 1. The molecule has 4 nitrogen and oxygen atoms in total. The number of aromatic nitrogens is 1. The highest BCUT2D eigenvalue weighted by atomic mass is 19.1. The Kier molecular flexibility index (Phi) is 4.15. The summed E-state index contributed by atoms with van der Waals surface area (Å²) < 4.78 is 13.6. The van der Waals surface area contributed by atoms with Crippen molar-refractivity contribution in [2.45, 2.75) is 44.6 Å². The lowest BCUT2D eigenvalue weighted by Gasteiger charge is -2.36. The minimum absolute atomic E-state index is 0.176. The summed E-state index contributed by atoms with van der Waals surface area (Å²) in [5, 5.41) is 0. The molecule has 2 heterocycles. The Balaban J connectivity index is 1.69. The lowest BCUT2D eigenvalue weighted by Crippen LogP contribution is -2.40. The number of H-pyrrole nitrogens is 1. The van der Waals surface area contributed by atoms with Gasteiger partial charge in [0.1, 0.15) is 11.4 Å². The van der Waals surface area contributed by atoms with Crippen LogP contribution in [0.15, 0.2) is 35.1 Å². The molecule has 0 unspecified atom stereocenters. The van der Waals surface area contributed by atoms with Crippen LogP contribution in [-0.2, 0) is 12.8 Å². The van der Waals surface area contributed by atoms with Gasteiger partial charge in [-0.2, -0.15) is 0 Å². The number of nitrogens with one attached hydrogen (secondary N) is 1. The molecular formula is C20H21FN2O2. The number of aromatic amines is 1. The first-order chi connectivity index (χ1) is 12.1. The second kappa shape index (κ2) is 6.47. The molecule has 1 aromatic heterocycles. The van der Waals surface area contributed by atoms with Gasteiger partial charge >= 0.3 is 0 Å². The zero-order valence-electron chi connectivity index (χ0n) is 14.1. The Labute approximate surface area is 145 Å². The van der Waals surface area contributed by atoms with Crippen LogP contribution < -0.4 is 5.56 Å². The number of carbonyl (C=O) groups excluding carboxylic acids is 1. The first-order valence-electron chi connectivity index (χ1n) is 8.95. The molecule has 2 aromatic rings. The molecule has 5 heteroatoms. The van der Waals surface area contributed by atoms with Gasteiger partial charge in [-0.3, -0.25) is 9.59 Å². The van der Waals surface area contributed by atoms with E-state index in [-0.39, 0.29) is 28.9 Å². The number of hydrogen-bond acceptors (Lipinski definition) is 2. The summed E-state index contributed by atoms with van der Waals surface area (Å²) in [6.45, 7) is 0.594. The largest absolute Gasteiger partial charge is 0.331 e. The fourth-order valence-corrected chi connectivity index (χ4v) is 4.06. The maximum atomic E-state index is 13.6. The van der Waals surface area contributed by atoms with Crippen molar-refractivity contribution in [2.75, 3.05) is 6.54 Å². The molecule has 0 spiro atoms. The maximum absolute atomic E-state index is 13.6. The molecule has 4 rings (SSSR count). The molecule has 130 valence electrons. The molecule has 1 saturated heterocycles. The van der Waals surface area contributed by atoms with Crippen LogP contribution in [0, 0.1) is 5.82 Å². The number of fused-ring (bicyclic) bond motifs is 1. The third-order valence-electron chi connectivity index (χ3n) is 5.32. The van der Waals surface area contributed by atoms with Crippen molar-refractivity contribution in [3.8, 4) is 0 Å². The summed E-state index contributed by atoms with van der Waals surface area (Å²) in [4.78, 5) is 30.1. The molecule has 1 atom stereocenters. The van der Waals surface area contributed by atoms with E-state index in [2.05, 4.69) is 4.98 Å². The average Bonchev–Trinajstić information content (AvgIpc) is 3.07. The van der Waals surface area contributed by atoms with Crippen molar-refractivity contribution < 1.29 is 9.18 Å². The lowest BCUT2D eigenvalue weighted by atomic mass is 9.94. The number of piperidine rings is 1. The molecule has 0 saturated carbocycles. The van der Waals surface area contributed by atoms with Gasteiger partial charge in [-0.1, -0.05) is 12.1 Å². The predicted molar refractivity (Wildman–Crippen MR) is 93.1 cm³/mol. The standard InChI is InChI=1S/C20H21FN2O2/c21-15-7-3-6-14(11-15)18-9-1-2-10-23(18)20(25)16-12-13-5-4-8-17(13)22-19(16)24/h3,6-7,11-12,18H,1-2,4-5,8-10H2,(H,22,24)/t18-/m0/s1. The second-order valence-corrected chi connectivity index (χ2v) is 6.93. The number of halogens is 1. The van der Waals surface area contributed by atoms with Gasteiger partial charge in [0, 0.05) is 12.2 Å². The second-order valence-electron chi connectivity index (χ2n) is 6.93. The van der Waals surface area contributed by atoms with Gasteiger partial charge in [-0.05, 0) is 67.9 Å². The fourth-order valence-electron chi connectivity index (χ4n) is 4.06. The number of amides is 1. The van der Waals surface area contributed by atoms with Crippen LogP contribution in [0.1, 0.15) is 58.9 Å². The number of carbonyl (C=O) groups is 1. The number of likely N-dealkylation sites (tertiary alicyclic amines) is 1.